The zero-order chi connectivity index (χ0) is 13.0. The van der Waals surface area contributed by atoms with Gasteiger partial charge in [0.1, 0.15) is 0 Å². The summed E-state index contributed by atoms with van der Waals surface area (Å²) in [5.74, 6) is -1.19. The van der Waals surface area contributed by atoms with Crippen molar-refractivity contribution >= 4 is 21.9 Å². The summed E-state index contributed by atoms with van der Waals surface area (Å²) in [6, 6.07) is 0. The van der Waals surface area contributed by atoms with Crippen LogP contribution in [-0.2, 0) is 4.74 Å². The van der Waals surface area contributed by atoms with Crippen molar-refractivity contribution in [1.82, 2.24) is 4.98 Å². The second kappa shape index (κ2) is 5.86. The van der Waals surface area contributed by atoms with E-state index in [1.165, 1.54) is 0 Å². The minimum atomic E-state index is -0.808. The molecule has 0 unspecified atom stereocenters. The summed E-state index contributed by atoms with van der Waals surface area (Å²) < 4.78 is 5.18. The third kappa shape index (κ3) is 3.09. The minimum Gasteiger partial charge on any atom is -0.506 e. The first kappa shape index (κ1) is 13.8. The van der Waals surface area contributed by atoms with E-state index in [2.05, 4.69) is 20.9 Å². The van der Waals surface area contributed by atoms with Crippen LogP contribution in [-0.4, -0.2) is 22.7 Å². The highest BCUT2D eigenvalue weighted by Gasteiger charge is 2.21. The number of carbonyl (C=O) groups excluding carboxylic acids is 1. The Morgan fingerprint density at radius 1 is 1.53 bits per heavy atom. The second-order valence-corrected chi connectivity index (χ2v) is 4.40. The van der Waals surface area contributed by atoms with Crippen molar-refractivity contribution < 1.29 is 14.6 Å². The quantitative estimate of drug-likeness (QED) is 0.659. The summed E-state index contributed by atoms with van der Waals surface area (Å²) in [5, 5.41) is 9.72. The highest BCUT2D eigenvalue weighted by atomic mass is 79.9. The summed E-state index contributed by atoms with van der Waals surface area (Å²) in [5.41, 5.74) is -0.555. The van der Waals surface area contributed by atoms with Crippen LogP contribution in [0.4, 0.5) is 0 Å². The van der Waals surface area contributed by atoms with Gasteiger partial charge in [0.25, 0.3) is 5.56 Å². The summed E-state index contributed by atoms with van der Waals surface area (Å²) in [6.45, 7) is 3.80. The molecule has 0 spiro atoms. The number of ether oxygens (including phenoxy) is 1. The van der Waals surface area contributed by atoms with Gasteiger partial charge in [-0.3, -0.25) is 4.79 Å². The van der Waals surface area contributed by atoms with Gasteiger partial charge in [0.05, 0.1) is 11.1 Å². The van der Waals surface area contributed by atoms with Gasteiger partial charge >= 0.3 is 5.97 Å². The molecule has 0 bridgehead atoms. The molecule has 1 rings (SSSR count). The summed E-state index contributed by atoms with van der Waals surface area (Å²) in [7, 11) is 0. The van der Waals surface area contributed by atoms with E-state index in [0.29, 0.717) is 10.2 Å². The number of nitrogens with one attached hydrogen (secondary N) is 1. The van der Waals surface area contributed by atoms with Crippen molar-refractivity contribution in [3.63, 3.8) is 0 Å². The van der Waals surface area contributed by atoms with E-state index in [9.17, 15) is 14.7 Å². The Morgan fingerprint density at radius 3 is 2.76 bits per heavy atom. The number of aryl methyl sites for hydroxylation is 1. The first-order valence-electron chi connectivity index (χ1n) is 5.27. The zero-order valence-corrected chi connectivity index (χ0v) is 11.3. The number of aromatic hydroxyl groups is 1. The molecule has 2 N–H and O–H groups in total. The van der Waals surface area contributed by atoms with Crippen molar-refractivity contribution in [2.24, 2.45) is 0 Å². The number of carbonyl (C=O) groups is 1. The van der Waals surface area contributed by atoms with Gasteiger partial charge in [0.15, 0.2) is 11.3 Å². The normalized spacial score (nSPS) is 10.3. The lowest BCUT2D eigenvalue weighted by Gasteiger charge is -2.07. The lowest BCUT2D eigenvalue weighted by atomic mass is 10.2. The number of hydrogen-bond acceptors (Lipinski definition) is 4. The van der Waals surface area contributed by atoms with Crippen molar-refractivity contribution in [1.29, 1.82) is 0 Å². The monoisotopic (exact) mass is 303 g/mol. The predicted molar refractivity (Wildman–Crippen MR) is 66.4 cm³/mol. The van der Waals surface area contributed by atoms with Crippen molar-refractivity contribution in [2.75, 3.05) is 6.61 Å². The molecule has 0 aliphatic carbocycles. The first-order valence-corrected chi connectivity index (χ1v) is 6.06. The third-order valence-corrected chi connectivity index (χ3v) is 3.21. The average Bonchev–Trinajstić information content (AvgIpc) is 2.26. The van der Waals surface area contributed by atoms with Gasteiger partial charge in [0, 0.05) is 5.69 Å². The van der Waals surface area contributed by atoms with Crippen LogP contribution in [0.15, 0.2) is 9.27 Å². The maximum Gasteiger partial charge on any atom is 0.347 e. The summed E-state index contributed by atoms with van der Waals surface area (Å²) in [6.07, 6.45) is 1.60. The van der Waals surface area contributed by atoms with E-state index in [1.54, 1.807) is 6.92 Å². The van der Waals surface area contributed by atoms with Crippen molar-refractivity contribution in [3.05, 3.63) is 26.1 Å². The number of H-pyrrole nitrogens is 1. The Bertz CT molecular complexity index is 481. The molecule has 0 fully saturated rings. The fourth-order valence-electron chi connectivity index (χ4n) is 1.25. The molecule has 0 aromatic carbocycles. The van der Waals surface area contributed by atoms with Crippen LogP contribution in [0.5, 0.6) is 5.75 Å². The van der Waals surface area contributed by atoms with Gasteiger partial charge in [-0.1, -0.05) is 13.3 Å². The third-order valence-electron chi connectivity index (χ3n) is 2.24. The zero-order valence-electron chi connectivity index (χ0n) is 9.67. The predicted octanol–water partition coefficient (Wildman–Crippen LogP) is 2.11. The number of hydrogen-bond donors (Lipinski definition) is 2. The van der Waals surface area contributed by atoms with E-state index in [-0.39, 0.29) is 17.9 Å². The lowest BCUT2D eigenvalue weighted by Crippen LogP contribution is -2.21. The molecule has 1 heterocycles. The number of pyridine rings is 1. The van der Waals surface area contributed by atoms with E-state index < -0.39 is 11.5 Å². The van der Waals surface area contributed by atoms with Crippen molar-refractivity contribution in [3.8, 4) is 5.75 Å². The van der Waals surface area contributed by atoms with Gasteiger partial charge in [0.2, 0.25) is 0 Å². The molecule has 0 aliphatic rings. The molecule has 1 aromatic heterocycles. The average molecular weight is 304 g/mol. The Morgan fingerprint density at radius 2 is 2.18 bits per heavy atom. The number of halogens is 1. The highest BCUT2D eigenvalue weighted by molar-refractivity contribution is 9.10. The van der Waals surface area contributed by atoms with E-state index in [0.717, 1.165) is 12.8 Å². The SMILES string of the molecule is CCCCOC(=O)c1c(O)c(Br)c(C)[nH]c1=O. The van der Waals surface area contributed by atoms with Gasteiger partial charge < -0.3 is 14.8 Å². The van der Waals surface area contributed by atoms with Crippen LogP contribution in [0.25, 0.3) is 0 Å². The standard InChI is InChI=1S/C11H14BrNO4/c1-3-4-5-17-11(16)7-9(14)8(12)6(2)13-10(7)15/h3-5H2,1-2H3,(H2,13,14,15). The number of aromatic amines is 1. The molecule has 6 heteroatoms. The minimum absolute atomic E-state index is 0.236. The molecule has 94 valence electrons. The first-order chi connectivity index (χ1) is 7.99. The highest BCUT2D eigenvalue weighted by Crippen LogP contribution is 2.27. The fourth-order valence-corrected chi connectivity index (χ4v) is 1.55. The number of esters is 1. The van der Waals surface area contributed by atoms with E-state index in [1.807, 2.05) is 6.92 Å². The smallest absolute Gasteiger partial charge is 0.347 e. The molecular weight excluding hydrogens is 290 g/mol. The van der Waals surface area contributed by atoms with E-state index >= 15 is 0 Å². The van der Waals surface area contributed by atoms with Crippen LogP contribution in [0.2, 0.25) is 0 Å². The molecule has 0 saturated carbocycles. The van der Waals surface area contributed by atoms with Gasteiger partial charge in [-0.2, -0.15) is 0 Å². The molecule has 0 saturated heterocycles. The van der Waals surface area contributed by atoms with Gasteiger partial charge in [-0.25, -0.2) is 4.79 Å². The van der Waals surface area contributed by atoms with E-state index in [4.69, 9.17) is 4.74 Å². The van der Waals surface area contributed by atoms with Gasteiger partial charge in [-0.15, -0.1) is 0 Å². The Kier molecular flexibility index (Phi) is 4.74. The molecule has 5 nitrogen and oxygen atoms in total. The Hall–Kier alpha value is -1.30. The molecular formula is C11H14BrNO4. The summed E-state index contributed by atoms with van der Waals surface area (Å²) in [4.78, 5) is 25.6. The largest absolute Gasteiger partial charge is 0.506 e. The fraction of sp³-hybridized carbons (Fsp3) is 0.455. The van der Waals surface area contributed by atoms with Gasteiger partial charge in [-0.05, 0) is 29.3 Å². The topological polar surface area (TPSA) is 79.4 Å². The Labute approximate surface area is 107 Å². The molecule has 0 amide bonds. The molecule has 0 atom stereocenters. The van der Waals surface area contributed by atoms with Crippen LogP contribution in [0.3, 0.4) is 0 Å². The maximum atomic E-state index is 11.6. The molecule has 17 heavy (non-hydrogen) atoms. The summed E-state index contributed by atoms with van der Waals surface area (Å²) >= 11 is 3.09. The van der Waals surface area contributed by atoms with Crippen LogP contribution in [0, 0.1) is 6.92 Å². The van der Waals surface area contributed by atoms with Crippen LogP contribution < -0.4 is 5.56 Å². The van der Waals surface area contributed by atoms with Crippen LogP contribution >= 0.6 is 15.9 Å². The second-order valence-electron chi connectivity index (χ2n) is 3.61. The van der Waals surface area contributed by atoms with Crippen molar-refractivity contribution in [2.45, 2.75) is 26.7 Å². The number of unbranched alkanes of at least 4 members (excludes halogenated alkanes) is 1. The molecule has 0 radical (unpaired) electrons. The molecule has 1 aromatic rings. The number of aromatic nitrogens is 1. The maximum absolute atomic E-state index is 11.6. The Balaban J connectivity index is 3.02. The molecule has 0 aliphatic heterocycles. The van der Waals surface area contributed by atoms with Crippen LogP contribution in [0.1, 0.15) is 35.8 Å². The lowest BCUT2D eigenvalue weighted by molar-refractivity contribution is 0.0494. The number of rotatable bonds is 4.